The SMILES string of the molecule is CCN(CCOCCOCCN1CCN(C(C)(C)C)CC1)CCOC(C)(C)C. The van der Waals surface area contributed by atoms with Crippen LogP contribution in [-0.4, -0.2) is 111 Å². The normalized spacial score (nSPS) is 17.6. The Morgan fingerprint density at radius 1 is 0.750 bits per heavy atom. The van der Waals surface area contributed by atoms with Gasteiger partial charge in [0.15, 0.2) is 0 Å². The predicted molar refractivity (Wildman–Crippen MR) is 117 cm³/mol. The number of likely N-dealkylation sites (N-methyl/N-ethyl adjacent to an activating group) is 1. The molecular formula is C22H47N3O3. The van der Waals surface area contributed by atoms with Gasteiger partial charge in [-0.15, -0.1) is 0 Å². The molecule has 0 radical (unpaired) electrons. The van der Waals surface area contributed by atoms with E-state index in [4.69, 9.17) is 14.2 Å². The molecule has 0 atom stereocenters. The second kappa shape index (κ2) is 13.1. The molecule has 0 N–H and O–H groups in total. The monoisotopic (exact) mass is 401 g/mol. The first kappa shape index (κ1) is 25.8. The standard InChI is InChI=1S/C22H47N3O3/c1-8-23(15-18-28-22(5,6)7)13-16-26-19-20-27-17-14-24-9-11-25(12-10-24)21(2,3)4/h8-20H2,1-7H3. The zero-order chi connectivity index (χ0) is 21.0. The Morgan fingerprint density at radius 3 is 1.86 bits per heavy atom. The zero-order valence-electron chi connectivity index (χ0n) is 19.8. The van der Waals surface area contributed by atoms with Crippen LogP contribution in [0.1, 0.15) is 48.5 Å². The molecule has 1 fully saturated rings. The third-order valence-electron chi connectivity index (χ3n) is 5.19. The smallest absolute Gasteiger partial charge is 0.0701 e. The Bertz CT molecular complexity index is 375. The van der Waals surface area contributed by atoms with Gasteiger partial charge in [0.25, 0.3) is 0 Å². The number of nitrogens with zero attached hydrogens (tertiary/aromatic N) is 3. The third-order valence-corrected chi connectivity index (χ3v) is 5.19. The molecule has 0 aromatic heterocycles. The molecule has 6 heteroatoms. The minimum atomic E-state index is -0.0621. The van der Waals surface area contributed by atoms with Gasteiger partial charge in [-0.2, -0.15) is 0 Å². The predicted octanol–water partition coefficient (Wildman–Crippen LogP) is 2.57. The van der Waals surface area contributed by atoms with Crippen LogP contribution < -0.4 is 0 Å². The Kier molecular flexibility index (Phi) is 12.1. The van der Waals surface area contributed by atoms with Crippen molar-refractivity contribution in [1.29, 1.82) is 0 Å². The van der Waals surface area contributed by atoms with E-state index in [2.05, 4.69) is 63.2 Å². The number of rotatable bonds is 13. The highest BCUT2D eigenvalue weighted by molar-refractivity contribution is 4.81. The van der Waals surface area contributed by atoms with Gasteiger partial charge in [0.2, 0.25) is 0 Å². The summed E-state index contributed by atoms with van der Waals surface area (Å²) in [6.07, 6.45) is 0. The first-order chi connectivity index (χ1) is 13.1. The van der Waals surface area contributed by atoms with Gasteiger partial charge in [0.1, 0.15) is 0 Å². The third kappa shape index (κ3) is 12.3. The molecular weight excluding hydrogens is 354 g/mol. The van der Waals surface area contributed by atoms with Crippen molar-refractivity contribution < 1.29 is 14.2 Å². The summed E-state index contributed by atoms with van der Waals surface area (Å²) in [5.41, 5.74) is 0.223. The molecule has 0 aliphatic carbocycles. The quantitative estimate of drug-likeness (QED) is 0.442. The molecule has 28 heavy (non-hydrogen) atoms. The second-order valence-electron chi connectivity index (χ2n) is 9.62. The van der Waals surface area contributed by atoms with Gasteiger partial charge in [0, 0.05) is 51.4 Å². The van der Waals surface area contributed by atoms with Crippen molar-refractivity contribution in [3.63, 3.8) is 0 Å². The molecule has 1 aliphatic heterocycles. The Hall–Kier alpha value is -0.240. The highest BCUT2D eigenvalue weighted by Gasteiger charge is 2.25. The maximum atomic E-state index is 5.80. The number of hydrogen-bond donors (Lipinski definition) is 0. The molecule has 0 unspecified atom stereocenters. The lowest BCUT2D eigenvalue weighted by molar-refractivity contribution is -0.0172. The van der Waals surface area contributed by atoms with E-state index >= 15 is 0 Å². The Morgan fingerprint density at radius 2 is 1.32 bits per heavy atom. The van der Waals surface area contributed by atoms with Crippen molar-refractivity contribution in [2.45, 2.75) is 59.6 Å². The highest BCUT2D eigenvalue weighted by Crippen LogP contribution is 2.15. The van der Waals surface area contributed by atoms with Crippen LogP contribution in [0.3, 0.4) is 0 Å². The Balaban J connectivity index is 1.95. The van der Waals surface area contributed by atoms with Crippen LogP contribution in [0.25, 0.3) is 0 Å². The van der Waals surface area contributed by atoms with E-state index in [1.165, 1.54) is 0 Å². The second-order valence-corrected chi connectivity index (χ2v) is 9.62. The number of piperazine rings is 1. The first-order valence-electron chi connectivity index (χ1n) is 11.1. The average molecular weight is 402 g/mol. The van der Waals surface area contributed by atoms with Crippen LogP contribution >= 0.6 is 0 Å². The summed E-state index contributed by atoms with van der Waals surface area (Å²) in [6.45, 7) is 27.6. The molecule has 0 spiro atoms. The summed E-state index contributed by atoms with van der Waals surface area (Å²) in [5, 5.41) is 0. The van der Waals surface area contributed by atoms with Crippen molar-refractivity contribution in [3.8, 4) is 0 Å². The van der Waals surface area contributed by atoms with Gasteiger partial charge < -0.3 is 14.2 Å². The lowest BCUT2D eigenvalue weighted by Gasteiger charge is -2.42. The maximum Gasteiger partial charge on any atom is 0.0701 e. The molecule has 1 heterocycles. The summed E-state index contributed by atoms with van der Waals surface area (Å²) >= 11 is 0. The van der Waals surface area contributed by atoms with Gasteiger partial charge in [-0.25, -0.2) is 0 Å². The fourth-order valence-electron chi connectivity index (χ4n) is 3.26. The van der Waals surface area contributed by atoms with Gasteiger partial charge >= 0.3 is 0 Å². The maximum absolute atomic E-state index is 5.80. The molecule has 1 saturated heterocycles. The summed E-state index contributed by atoms with van der Waals surface area (Å²) < 4.78 is 17.3. The van der Waals surface area contributed by atoms with E-state index in [1.807, 2.05) is 0 Å². The van der Waals surface area contributed by atoms with Gasteiger partial charge in [-0.1, -0.05) is 6.92 Å². The topological polar surface area (TPSA) is 37.4 Å². The first-order valence-corrected chi connectivity index (χ1v) is 11.1. The summed E-state index contributed by atoms with van der Waals surface area (Å²) in [4.78, 5) is 7.43. The summed E-state index contributed by atoms with van der Waals surface area (Å²) in [5.74, 6) is 0. The highest BCUT2D eigenvalue weighted by atomic mass is 16.5. The number of ether oxygens (including phenoxy) is 3. The van der Waals surface area contributed by atoms with Crippen LogP contribution in [0.15, 0.2) is 0 Å². The molecule has 0 bridgehead atoms. The molecule has 168 valence electrons. The van der Waals surface area contributed by atoms with E-state index in [0.29, 0.717) is 13.2 Å². The molecule has 1 rings (SSSR count). The van der Waals surface area contributed by atoms with Gasteiger partial charge in [-0.05, 0) is 48.1 Å². The van der Waals surface area contributed by atoms with E-state index in [1.54, 1.807) is 0 Å². The van der Waals surface area contributed by atoms with E-state index < -0.39 is 0 Å². The fraction of sp³-hybridized carbons (Fsp3) is 1.00. The fourth-order valence-corrected chi connectivity index (χ4v) is 3.26. The van der Waals surface area contributed by atoms with Crippen molar-refractivity contribution in [3.05, 3.63) is 0 Å². The van der Waals surface area contributed by atoms with Crippen molar-refractivity contribution in [1.82, 2.24) is 14.7 Å². The van der Waals surface area contributed by atoms with E-state index in [9.17, 15) is 0 Å². The van der Waals surface area contributed by atoms with Crippen LogP contribution in [0.4, 0.5) is 0 Å². The molecule has 0 amide bonds. The number of hydrogen-bond acceptors (Lipinski definition) is 6. The molecule has 1 aliphatic rings. The van der Waals surface area contributed by atoms with Gasteiger partial charge in [0.05, 0.1) is 38.6 Å². The van der Waals surface area contributed by atoms with Crippen molar-refractivity contribution in [2.75, 3.05) is 85.4 Å². The van der Waals surface area contributed by atoms with Crippen LogP contribution in [-0.2, 0) is 14.2 Å². The van der Waals surface area contributed by atoms with E-state index in [-0.39, 0.29) is 11.1 Å². The Labute approximate surface area is 174 Å². The largest absolute Gasteiger partial charge is 0.378 e. The molecule has 0 aromatic rings. The summed E-state index contributed by atoms with van der Waals surface area (Å²) in [6, 6.07) is 0. The van der Waals surface area contributed by atoms with Gasteiger partial charge in [-0.3, -0.25) is 14.7 Å². The average Bonchev–Trinajstić information content (AvgIpc) is 2.61. The lowest BCUT2D eigenvalue weighted by atomic mass is 10.1. The van der Waals surface area contributed by atoms with E-state index in [0.717, 1.165) is 72.2 Å². The van der Waals surface area contributed by atoms with Crippen molar-refractivity contribution >= 4 is 0 Å². The zero-order valence-corrected chi connectivity index (χ0v) is 19.8. The molecule has 6 nitrogen and oxygen atoms in total. The summed E-state index contributed by atoms with van der Waals surface area (Å²) in [7, 11) is 0. The molecule has 0 aromatic carbocycles. The van der Waals surface area contributed by atoms with Crippen LogP contribution in [0.2, 0.25) is 0 Å². The van der Waals surface area contributed by atoms with Crippen LogP contribution in [0, 0.1) is 0 Å². The lowest BCUT2D eigenvalue weighted by Crippen LogP contribution is -2.53. The minimum absolute atomic E-state index is 0.0621. The molecule has 0 saturated carbocycles. The van der Waals surface area contributed by atoms with Crippen molar-refractivity contribution in [2.24, 2.45) is 0 Å². The van der Waals surface area contributed by atoms with Crippen LogP contribution in [0.5, 0.6) is 0 Å². The minimum Gasteiger partial charge on any atom is -0.378 e.